The number of thioether (sulfide) groups is 1. The topological polar surface area (TPSA) is 80.0 Å². The van der Waals surface area contributed by atoms with Gasteiger partial charge in [0.15, 0.2) is 11.6 Å². The molecule has 0 atom stereocenters. The van der Waals surface area contributed by atoms with E-state index in [4.69, 9.17) is 4.63 Å². The third-order valence-corrected chi connectivity index (χ3v) is 4.65. The van der Waals surface area contributed by atoms with Gasteiger partial charge in [0, 0.05) is 31.1 Å². The molecule has 4 rings (SSSR count). The van der Waals surface area contributed by atoms with Crippen LogP contribution in [-0.4, -0.2) is 44.9 Å². The molecule has 7 nitrogen and oxygen atoms in total. The Morgan fingerprint density at radius 3 is 2.57 bits per heavy atom. The van der Waals surface area contributed by atoms with Crippen LogP contribution in [0.15, 0.2) is 35.0 Å². The first-order valence-corrected chi connectivity index (χ1v) is 8.66. The summed E-state index contributed by atoms with van der Waals surface area (Å²) < 4.78 is 4.75. The zero-order chi connectivity index (χ0) is 15.5. The van der Waals surface area contributed by atoms with E-state index >= 15 is 0 Å². The van der Waals surface area contributed by atoms with Gasteiger partial charge in [-0.3, -0.25) is 0 Å². The van der Waals surface area contributed by atoms with Crippen LogP contribution in [0.2, 0.25) is 0 Å². The van der Waals surface area contributed by atoms with Gasteiger partial charge in [0.1, 0.15) is 0 Å². The van der Waals surface area contributed by atoms with Crippen LogP contribution in [0, 0.1) is 0 Å². The van der Waals surface area contributed by atoms with Crippen molar-refractivity contribution in [2.75, 3.05) is 34.8 Å². The molecule has 1 aliphatic rings. The van der Waals surface area contributed by atoms with E-state index < -0.39 is 0 Å². The van der Waals surface area contributed by atoms with Gasteiger partial charge in [0.25, 0.3) is 0 Å². The summed E-state index contributed by atoms with van der Waals surface area (Å²) in [5, 5.41) is 11.0. The van der Waals surface area contributed by atoms with E-state index in [1.165, 1.54) is 5.56 Å². The maximum atomic E-state index is 4.75. The molecule has 1 aliphatic heterocycles. The smallest absolute Gasteiger partial charge is 0.245 e. The van der Waals surface area contributed by atoms with Crippen molar-refractivity contribution >= 4 is 34.7 Å². The fourth-order valence-corrected chi connectivity index (χ4v) is 3.43. The van der Waals surface area contributed by atoms with Crippen LogP contribution < -0.4 is 10.2 Å². The van der Waals surface area contributed by atoms with Crippen molar-refractivity contribution in [2.45, 2.75) is 6.54 Å². The first-order chi connectivity index (χ1) is 11.4. The van der Waals surface area contributed by atoms with E-state index in [1.807, 2.05) is 30.0 Å². The Balaban J connectivity index is 1.65. The number of anilines is 2. The average molecular weight is 328 g/mol. The molecule has 0 aliphatic carbocycles. The van der Waals surface area contributed by atoms with Crippen molar-refractivity contribution in [3.8, 4) is 0 Å². The molecule has 3 aromatic rings. The fourth-order valence-electron chi connectivity index (χ4n) is 2.53. The van der Waals surface area contributed by atoms with Gasteiger partial charge in [-0.2, -0.15) is 11.8 Å². The first-order valence-electron chi connectivity index (χ1n) is 7.51. The third-order valence-electron chi connectivity index (χ3n) is 3.71. The van der Waals surface area contributed by atoms with Crippen LogP contribution in [-0.2, 0) is 6.54 Å². The van der Waals surface area contributed by atoms with Crippen LogP contribution in [0.4, 0.5) is 11.6 Å². The van der Waals surface area contributed by atoms with E-state index in [-0.39, 0.29) is 0 Å². The Bertz CT molecular complexity index is 787. The molecule has 118 valence electrons. The number of aromatic nitrogens is 4. The van der Waals surface area contributed by atoms with E-state index in [1.54, 1.807) is 0 Å². The van der Waals surface area contributed by atoms with Gasteiger partial charge < -0.3 is 10.2 Å². The predicted octanol–water partition coefficient (Wildman–Crippen LogP) is 2.18. The van der Waals surface area contributed by atoms with E-state index in [0.29, 0.717) is 17.8 Å². The zero-order valence-corrected chi connectivity index (χ0v) is 13.3. The van der Waals surface area contributed by atoms with Crippen LogP contribution in [0.3, 0.4) is 0 Å². The number of benzene rings is 1. The molecule has 1 aromatic carbocycles. The molecular formula is C15H16N6OS. The summed E-state index contributed by atoms with van der Waals surface area (Å²) in [5.74, 6) is 3.73. The van der Waals surface area contributed by atoms with E-state index in [0.717, 1.165) is 36.2 Å². The molecule has 0 amide bonds. The summed E-state index contributed by atoms with van der Waals surface area (Å²) in [6.45, 7) is 2.59. The molecular weight excluding hydrogens is 312 g/mol. The Morgan fingerprint density at radius 2 is 1.78 bits per heavy atom. The second kappa shape index (κ2) is 6.41. The summed E-state index contributed by atoms with van der Waals surface area (Å²) >= 11 is 1.96. The lowest BCUT2D eigenvalue weighted by atomic mass is 10.2. The third kappa shape index (κ3) is 3.07. The molecule has 0 saturated carbocycles. The van der Waals surface area contributed by atoms with Gasteiger partial charge in [-0.05, 0) is 15.9 Å². The van der Waals surface area contributed by atoms with Crippen LogP contribution in [0.1, 0.15) is 5.56 Å². The van der Waals surface area contributed by atoms with Crippen LogP contribution >= 0.6 is 11.8 Å². The quantitative estimate of drug-likeness (QED) is 0.780. The number of nitrogens with zero attached hydrogens (tertiary/aromatic N) is 5. The van der Waals surface area contributed by atoms with Gasteiger partial charge in [-0.15, -0.1) is 0 Å². The fraction of sp³-hybridized carbons (Fsp3) is 0.333. The van der Waals surface area contributed by atoms with Crippen molar-refractivity contribution < 1.29 is 4.63 Å². The van der Waals surface area contributed by atoms with Crippen molar-refractivity contribution in [1.82, 2.24) is 20.3 Å². The van der Waals surface area contributed by atoms with Crippen molar-refractivity contribution in [1.29, 1.82) is 0 Å². The highest BCUT2D eigenvalue weighted by molar-refractivity contribution is 7.99. The zero-order valence-electron chi connectivity index (χ0n) is 12.5. The molecule has 23 heavy (non-hydrogen) atoms. The average Bonchev–Trinajstić information content (AvgIpc) is 3.08. The van der Waals surface area contributed by atoms with Gasteiger partial charge >= 0.3 is 0 Å². The lowest BCUT2D eigenvalue weighted by Gasteiger charge is -2.28. The van der Waals surface area contributed by atoms with Crippen LogP contribution in [0.25, 0.3) is 11.3 Å². The van der Waals surface area contributed by atoms with Gasteiger partial charge in [0.2, 0.25) is 11.3 Å². The predicted molar refractivity (Wildman–Crippen MR) is 90.7 cm³/mol. The minimum atomic E-state index is 0.427. The molecule has 0 unspecified atom stereocenters. The standard InChI is InChI=1S/C15H16N6OS/c1-2-4-11(5-3-1)10-16-14-15(21-6-8-23-9-7-21)18-13-12(17-14)19-22-20-13/h1-5H,6-10H2,(H,16,17,19). The lowest BCUT2D eigenvalue weighted by molar-refractivity contribution is 0.314. The van der Waals surface area contributed by atoms with E-state index in [9.17, 15) is 0 Å². The summed E-state index contributed by atoms with van der Waals surface area (Å²) in [7, 11) is 0. The van der Waals surface area contributed by atoms with Gasteiger partial charge in [0.05, 0.1) is 0 Å². The van der Waals surface area contributed by atoms with Gasteiger partial charge in [-0.25, -0.2) is 14.6 Å². The van der Waals surface area contributed by atoms with E-state index in [2.05, 4.69) is 42.6 Å². The van der Waals surface area contributed by atoms with Crippen LogP contribution in [0.5, 0.6) is 0 Å². The maximum absolute atomic E-state index is 4.75. The first kappa shape index (κ1) is 14.3. The molecule has 1 fully saturated rings. The molecule has 8 heteroatoms. The maximum Gasteiger partial charge on any atom is 0.245 e. The summed E-state index contributed by atoms with van der Waals surface area (Å²) in [5.41, 5.74) is 2.06. The minimum absolute atomic E-state index is 0.427. The second-order valence-corrected chi connectivity index (χ2v) is 6.47. The molecule has 0 radical (unpaired) electrons. The monoisotopic (exact) mass is 328 g/mol. The summed E-state index contributed by atoms with van der Waals surface area (Å²) in [4.78, 5) is 11.4. The molecule has 3 heterocycles. The molecule has 0 spiro atoms. The second-order valence-electron chi connectivity index (χ2n) is 5.25. The Labute approximate surface area is 137 Å². The summed E-state index contributed by atoms with van der Waals surface area (Å²) in [6.07, 6.45) is 0. The normalized spacial score (nSPS) is 15.0. The number of rotatable bonds is 4. The highest BCUT2D eigenvalue weighted by Crippen LogP contribution is 2.26. The minimum Gasteiger partial charge on any atom is -0.363 e. The Morgan fingerprint density at radius 1 is 1.04 bits per heavy atom. The number of fused-ring (bicyclic) bond motifs is 1. The number of nitrogens with one attached hydrogen (secondary N) is 1. The van der Waals surface area contributed by atoms with Crippen molar-refractivity contribution in [3.05, 3.63) is 35.9 Å². The van der Waals surface area contributed by atoms with Gasteiger partial charge in [-0.1, -0.05) is 30.3 Å². The SMILES string of the molecule is c1ccc(CNc2nc3nonc3nc2N2CCSCC2)cc1. The largest absolute Gasteiger partial charge is 0.363 e. The highest BCUT2D eigenvalue weighted by atomic mass is 32.2. The molecule has 1 saturated heterocycles. The van der Waals surface area contributed by atoms with Crippen molar-refractivity contribution in [2.24, 2.45) is 0 Å². The molecule has 1 N–H and O–H groups in total. The number of hydrogen-bond donors (Lipinski definition) is 1. The Hall–Kier alpha value is -2.35. The lowest BCUT2D eigenvalue weighted by Crippen LogP contribution is -2.34. The number of hydrogen-bond acceptors (Lipinski definition) is 8. The summed E-state index contributed by atoms with van der Waals surface area (Å²) in [6, 6.07) is 10.2. The molecule has 0 bridgehead atoms. The highest BCUT2D eigenvalue weighted by Gasteiger charge is 2.20. The molecule has 2 aromatic heterocycles. The van der Waals surface area contributed by atoms with Crippen molar-refractivity contribution in [3.63, 3.8) is 0 Å². The Kier molecular flexibility index (Phi) is 3.97.